The predicted molar refractivity (Wildman–Crippen MR) is 84.2 cm³/mol. The number of hydrogen-bond donors (Lipinski definition) is 3. The first-order valence-corrected chi connectivity index (χ1v) is 7.23. The lowest BCUT2D eigenvalue weighted by atomic mass is 10.1. The van der Waals surface area contributed by atoms with Crippen LogP contribution in [0.15, 0.2) is 12.1 Å². The van der Waals surface area contributed by atoms with Crippen LogP contribution in [0.2, 0.25) is 0 Å². The van der Waals surface area contributed by atoms with Crippen LogP contribution in [0.1, 0.15) is 26.3 Å². The molecule has 0 spiro atoms. The van der Waals surface area contributed by atoms with E-state index in [9.17, 15) is 9.59 Å². The molecule has 0 aromatic heterocycles. The topological polar surface area (TPSA) is 87.5 Å². The van der Waals surface area contributed by atoms with Crippen LogP contribution in [0.5, 0.6) is 0 Å². The van der Waals surface area contributed by atoms with Crippen molar-refractivity contribution in [2.45, 2.75) is 33.2 Å². The van der Waals surface area contributed by atoms with E-state index in [0.717, 1.165) is 11.3 Å². The Morgan fingerprint density at radius 3 is 2.71 bits per heavy atom. The first-order valence-electron chi connectivity index (χ1n) is 7.23. The second-order valence-electron chi connectivity index (χ2n) is 5.20. The number of hydrogen-bond acceptors (Lipinski definition) is 4. The highest BCUT2D eigenvalue weighted by Gasteiger charge is 2.22. The lowest BCUT2D eigenvalue weighted by Crippen LogP contribution is -2.41. The molecule has 21 heavy (non-hydrogen) atoms. The molecule has 0 aliphatic carbocycles. The van der Waals surface area contributed by atoms with E-state index < -0.39 is 0 Å². The zero-order chi connectivity index (χ0) is 15.6. The summed E-state index contributed by atoms with van der Waals surface area (Å²) in [4.78, 5) is 25.4. The second kappa shape index (κ2) is 6.03. The minimum Gasteiger partial charge on any atom is -0.397 e. The van der Waals surface area contributed by atoms with E-state index in [2.05, 4.69) is 10.6 Å². The number of rotatable bonds is 5. The van der Waals surface area contributed by atoms with Gasteiger partial charge in [0, 0.05) is 18.8 Å². The zero-order valence-electron chi connectivity index (χ0n) is 12.7. The number of likely N-dealkylation sites (N-methyl/N-ethyl adjacent to an activating group) is 1. The first-order chi connectivity index (χ1) is 9.96. The zero-order valence-corrected chi connectivity index (χ0v) is 12.7. The summed E-state index contributed by atoms with van der Waals surface area (Å²) in [6, 6.07) is 3.20. The molecule has 1 unspecified atom stereocenters. The molecular weight excluding hydrogens is 268 g/mol. The van der Waals surface area contributed by atoms with E-state index in [1.54, 1.807) is 17.0 Å². The van der Waals surface area contributed by atoms with Gasteiger partial charge in [-0.15, -0.1) is 0 Å². The molecule has 1 heterocycles. The normalized spacial score (nSPS) is 14.3. The summed E-state index contributed by atoms with van der Waals surface area (Å²) in [5.74, 6) is -0.00208. The van der Waals surface area contributed by atoms with Gasteiger partial charge in [-0.3, -0.25) is 9.59 Å². The summed E-state index contributed by atoms with van der Waals surface area (Å²) >= 11 is 0. The molecule has 1 aliphatic rings. The van der Waals surface area contributed by atoms with Crippen LogP contribution in [-0.2, 0) is 16.0 Å². The number of nitrogens with one attached hydrogen (secondary N) is 2. The molecule has 114 valence electrons. The van der Waals surface area contributed by atoms with Gasteiger partial charge in [-0.1, -0.05) is 0 Å². The van der Waals surface area contributed by atoms with Gasteiger partial charge in [-0.25, -0.2) is 0 Å². The van der Waals surface area contributed by atoms with E-state index in [1.807, 2.05) is 20.8 Å². The fourth-order valence-electron chi connectivity index (χ4n) is 2.52. The van der Waals surface area contributed by atoms with Gasteiger partial charge >= 0.3 is 0 Å². The van der Waals surface area contributed by atoms with Crippen molar-refractivity contribution < 1.29 is 9.59 Å². The van der Waals surface area contributed by atoms with Crippen LogP contribution in [0.25, 0.3) is 0 Å². The molecule has 0 saturated heterocycles. The van der Waals surface area contributed by atoms with Gasteiger partial charge in [-0.05, 0) is 38.5 Å². The Bertz CT molecular complexity index is 567. The number of nitrogens with zero attached hydrogens (tertiary/aromatic N) is 1. The van der Waals surface area contributed by atoms with Gasteiger partial charge in [0.15, 0.2) is 0 Å². The van der Waals surface area contributed by atoms with E-state index in [0.29, 0.717) is 30.9 Å². The summed E-state index contributed by atoms with van der Waals surface area (Å²) in [7, 11) is 0. The Labute approximate surface area is 124 Å². The molecule has 2 amide bonds. The molecule has 1 atom stereocenters. The van der Waals surface area contributed by atoms with Crippen LogP contribution < -0.4 is 16.4 Å². The highest BCUT2D eigenvalue weighted by molar-refractivity contribution is 6.01. The Morgan fingerprint density at radius 2 is 2.10 bits per heavy atom. The third-order valence-corrected chi connectivity index (χ3v) is 3.72. The van der Waals surface area contributed by atoms with E-state index in [-0.39, 0.29) is 17.9 Å². The summed E-state index contributed by atoms with van der Waals surface area (Å²) < 4.78 is 0. The maximum Gasteiger partial charge on any atom is 0.244 e. The third kappa shape index (κ3) is 3.09. The number of amides is 2. The summed E-state index contributed by atoms with van der Waals surface area (Å²) in [5.41, 5.74) is 8.88. The van der Waals surface area contributed by atoms with Gasteiger partial charge in [0.05, 0.1) is 17.8 Å². The minimum absolute atomic E-state index is 0.0314. The van der Waals surface area contributed by atoms with E-state index in [4.69, 9.17) is 5.73 Å². The first kappa shape index (κ1) is 15.2. The van der Waals surface area contributed by atoms with Gasteiger partial charge < -0.3 is 21.3 Å². The molecule has 6 nitrogen and oxygen atoms in total. The van der Waals surface area contributed by atoms with Gasteiger partial charge in [-0.2, -0.15) is 0 Å². The summed E-state index contributed by atoms with van der Waals surface area (Å²) in [6.07, 6.45) is 0.355. The molecule has 0 bridgehead atoms. The van der Waals surface area contributed by atoms with E-state index >= 15 is 0 Å². The summed E-state index contributed by atoms with van der Waals surface area (Å²) in [6.45, 7) is 7.07. The maximum absolute atomic E-state index is 12.3. The number of nitrogens with two attached hydrogens (primary N) is 1. The largest absolute Gasteiger partial charge is 0.397 e. The number of benzene rings is 1. The van der Waals surface area contributed by atoms with Crippen LogP contribution in [-0.4, -0.2) is 35.8 Å². The van der Waals surface area contributed by atoms with Crippen molar-refractivity contribution in [3.8, 4) is 0 Å². The monoisotopic (exact) mass is 290 g/mol. The molecule has 6 heteroatoms. The lowest BCUT2D eigenvalue weighted by molar-refractivity contribution is -0.131. The average molecular weight is 290 g/mol. The number of nitrogen functional groups attached to an aromatic ring is 1. The highest BCUT2D eigenvalue weighted by atomic mass is 16.2. The Hall–Kier alpha value is -2.24. The van der Waals surface area contributed by atoms with Crippen molar-refractivity contribution in [3.05, 3.63) is 17.7 Å². The van der Waals surface area contributed by atoms with Crippen LogP contribution in [0.3, 0.4) is 0 Å². The molecule has 4 N–H and O–H groups in total. The third-order valence-electron chi connectivity index (χ3n) is 3.72. The number of carbonyl (C=O) groups excluding carboxylic acids is 2. The number of fused-ring (bicyclic) bond motifs is 1. The molecule has 1 aromatic rings. The molecule has 2 rings (SSSR count). The van der Waals surface area contributed by atoms with Gasteiger partial charge in [0.2, 0.25) is 11.8 Å². The Kier molecular flexibility index (Phi) is 4.35. The fourth-order valence-corrected chi connectivity index (χ4v) is 2.52. The lowest BCUT2D eigenvalue weighted by Gasteiger charge is -2.24. The number of carbonyl (C=O) groups is 2. The van der Waals surface area contributed by atoms with Gasteiger partial charge in [0.25, 0.3) is 0 Å². The van der Waals surface area contributed by atoms with Crippen LogP contribution >= 0.6 is 0 Å². The maximum atomic E-state index is 12.3. The minimum atomic E-state index is -0.373. The van der Waals surface area contributed by atoms with Crippen molar-refractivity contribution >= 4 is 28.9 Å². The molecule has 1 aromatic carbocycles. The Balaban J connectivity index is 2.15. The molecular formula is C15H22N4O2. The van der Waals surface area contributed by atoms with Crippen molar-refractivity contribution in [2.24, 2.45) is 0 Å². The second-order valence-corrected chi connectivity index (χ2v) is 5.20. The smallest absolute Gasteiger partial charge is 0.244 e. The fraction of sp³-hybridized carbons (Fsp3) is 0.467. The van der Waals surface area contributed by atoms with Crippen LogP contribution in [0.4, 0.5) is 17.1 Å². The van der Waals surface area contributed by atoms with Crippen molar-refractivity contribution in [1.82, 2.24) is 4.90 Å². The molecule has 0 saturated carbocycles. The average Bonchev–Trinajstić information content (AvgIpc) is 2.79. The molecule has 0 radical (unpaired) electrons. The summed E-state index contributed by atoms with van der Waals surface area (Å²) in [5, 5.41) is 5.92. The Morgan fingerprint density at radius 1 is 1.43 bits per heavy atom. The van der Waals surface area contributed by atoms with Gasteiger partial charge in [0.1, 0.15) is 6.04 Å². The van der Waals surface area contributed by atoms with E-state index in [1.165, 1.54) is 0 Å². The van der Waals surface area contributed by atoms with Crippen molar-refractivity contribution in [3.63, 3.8) is 0 Å². The molecule has 1 aliphatic heterocycles. The quantitative estimate of drug-likeness (QED) is 0.716. The number of anilines is 3. The standard InChI is InChI=1S/C15H22N4O2/c1-4-19(5-2)15(21)9(3)17-13-8-12-10(6-11(13)16)7-14(20)18-12/h6,8-9,17H,4-5,7,16H2,1-3H3,(H,18,20). The highest BCUT2D eigenvalue weighted by Crippen LogP contribution is 2.31. The predicted octanol–water partition coefficient (Wildman–Crippen LogP) is 1.43. The van der Waals surface area contributed by atoms with Crippen molar-refractivity contribution in [1.29, 1.82) is 0 Å². The molecule has 0 fully saturated rings. The van der Waals surface area contributed by atoms with Crippen molar-refractivity contribution in [2.75, 3.05) is 29.5 Å². The van der Waals surface area contributed by atoms with Crippen LogP contribution in [0, 0.1) is 0 Å². The SMILES string of the molecule is CCN(CC)C(=O)C(C)Nc1cc2c(cc1N)CC(=O)N2.